The maximum Gasteiger partial charge on any atom is 0.245 e. The number of halogens is 2. The van der Waals surface area contributed by atoms with E-state index in [1.54, 1.807) is 32.9 Å². The zero-order valence-electron chi connectivity index (χ0n) is 9.17. The number of phenols is 1. The fourth-order valence-corrected chi connectivity index (χ4v) is 1.71. The van der Waals surface area contributed by atoms with Gasteiger partial charge in [0.15, 0.2) is 0 Å². The summed E-state index contributed by atoms with van der Waals surface area (Å²) in [5, 5.41) is 9.09. The van der Waals surface area contributed by atoms with E-state index < -0.39 is 17.8 Å². The van der Waals surface area contributed by atoms with Crippen LogP contribution in [0, 0.1) is 5.41 Å². The first kappa shape index (κ1) is 12.0. The van der Waals surface area contributed by atoms with E-state index in [2.05, 4.69) is 0 Å². The lowest BCUT2D eigenvalue weighted by Gasteiger charge is -2.30. The van der Waals surface area contributed by atoms with Gasteiger partial charge in [0.2, 0.25) is 6.43 Å². The van der Waals surface area contributed by atoms with Gasteiger partial charge in [-0.3, -0.25) is 0 Å². The molecule has 1 rings (SSSR count). The van der Waals surface area contributed by atoms with Gasteiger partial charge in [0, 0.05) is 5.92 Å². The molecule has 0 aliphatic carbocycles. The van der Waals surface area contributed by atoms with Crippen LogP contribution in [0.25, 0.3) is 0 Å². The zero-order valence-corrected chi connectivity index (χ0v) is 9.17. The van der Waals surface area contributed by atoms with Gasteiger partial charge in [-0.2, -0.15) is 0 Å². The van der Waals surface area contributed by atoms with Crippen LogP contribution in [0.2, 0.25) is 0 Å². The minimum atomic E-state index is -2.39. The Bertz CT molecular complexity index is 311. The van der Waals surface area contributed by atoms with Crippen molar-refractivity contribution in [2.24, 2.45) is 5.41 Å². The van der Waals surface area contributed by atoms with Crippen LogP contribution in [0.3, 0.4) is 0 Å². The first-order valence-corrected chi connectivity index (χ1v) is 4.89. The third-order valence-corrected chi connectivity index (χ3v) is 2.44. The number of benzene rings is 1. The number of hydrogen-bond donors (Lipinski definition) is 1. The van der Waals surface area contributed by atoms with E-state index in [0.717, 1.165) is 0 Å². The Kier molecular flexibility index (Phi) is 3.32. The van der Waals surface area contributed by atoms with E-state index >= 15 is 0 Å². The van der Waals surface area contributed by atoms with Crippen LogP contribution in [0.15, 0.2) is 24.3 Å². The Morgan fingerprint density at radius 3 is 1.87 bits per heavy atom. The summed E-state index contributed by atoms with van der Waals surface area (Å²) in [5.74, 6) is -0.709. The maximum atomic E-state index is 12.9. The van der Waals surface area contributed by atoms with Gasteiger partial charge in [0.1, 0.15) is 5.75 Å². The van der Waals surface area contributed by atoms with Gasteiger partial charge < -0.3 is 5.11 Å². The van der Waals surface area contributed by atoms with Crippen LogP contribution < -0.4 is 0 Å². The molecule has 0 fully saturated rings. The molecule has 15 heavy (non-hydrogen) atoms. The van der Waals surface area contributed by atoms with Gasteiger partial charge in [0.25, 0.3) is 0 Å². The monoisotopic (exact) mass is 214 g/mol. The molecule has 0 aliphatic heterocycles. The summed E-state index contributed by atoms with van der Waals surface area (Å²) in [6, 6.07) is 5.99. The predicted molar refractivity (Wildman–Crippen MR) is 56.3 cm³/mol. The molecule has 1 unspecified atom stereocenters. The van der Waals surface area contributed by atoms with E-state index in [-0.39, 0.29) is 5.75 Å². The van der Waals surface area contributed by atoms with Crippen LogP contribution in [0.1, 0.15) is 32.3 Å². The van der Waals surface area contributed by atoms with Gasteiger partial charge in [-0.25, -0.2) is 8.78 Å². The molecular weight excluding hydrogens is 198 g/mol. The first-order valence-electron chi connectivity index (χ1n) is 4.89. The molecule has 0 radical (unpaired) electrons. The molecule has 0 spiro atoms. The standard InChI is InChI=1S/C12H16F2O/c1-12(2,3)10(11(13)14)8-4-6-9(15)7-5-8/h4-7,10-11,15H,1-3H3. The SMILES string of the molecule is CC(C)(C)C(c1ccc(O)cc1)C(F)F. The maximum absolute atomic E-state index is 12.9. The summed E-state index contributed by atoms with van der Waals surface area (Å²) < 4.78 is 25.8. The summed E-state index contributed by atoms with van der Waals surface area (Å²) in [6.45, 7) is 5.37. The molecule has 0 aromatic heterocycles. The fourth-order valence-electron chi connectivity index (χ4n) is 1.71. The zero-order chi connectivity index (χ0) is 11.6. The molecule has 3 heteroatoms. The Morgan fingerprint density at radius 1 is 1.07 bits per heavy atom. The van der Waals surface area contributed by atoms with Crippen molar-refractivity contribution >= 4 is 0 Å². The third kappa shape index (κ3) is 2.91. The van der Waals surface area contributed by atoms with Gasteiger partial charge in [-0.05, 0) is 23.1 Å². The summed E-state index contributed by atoms with van der Waals surface area (Å²) in [6.07, 6.45) is -2.39. The van der Waals surface area contributed by atoms with Gasteiger partial charge in [-0.1, -0.05) is 32.9 Å². The number of aromatic hydroxyl groups is 1. The van der Waals surface area contributed by atoms with Crippen LogP contribution >= 0.6 is 0 Å². The van der Waals surface area contributed by atoms with Crippen LogP contribution in [-0.4, -0.2) is 11.5 Å². The summed E-state index contributed by atoms with van der Waals surface area (Å²) in [7, 11) is 0. The first-order chi connectivity index (χ1) is 6.82. The van der Waals surface area contributed by atoms with Crippen LogP contribution in [0.4, 0.5) is 8.78 Å². The molecular formula is C12H16F2O. The van der Waals surface area contributed by atoms with Crippen LogP contribution in [-0.2, 0) is 0 Å². The molecule has 0 amide bonds. The predicted octanol–water partition coefficient (Wildman–Crippen LogP) is 3.79. The van der Waals surface area contributed by atoms with E-state index in [9.17, 15) is 8.78 Å². The van der Waals surface area contributed by atoms with Crippen molar-refractivity contribution in [1.82, 2.24) is 0 Å². The Labute approximate surface area is 88.7 Å². The van der Waals surface area contributed by atoms with Crippen LogP contribution in [0.5, 0.6) is 5.75 Å². The van der Waals surface area contributed by atoms with Crippen molar-refractivity contribution < 1.29 is 13.9 Å². The van der Waals surface area contributed by atoms with Gasteiger partial charge in [0.05, 0.1) is 0 Å². The molecule has 1 nitrogen and oxygen atoms in total. The highest BCUT2D eigenvalue weighted by molar-refractivity contribution is 5.29. The normalized spacial score (nSPS) is 14.3. The largest absolute Gasteiger partial charge is 0.508 e. The van der Waals surface area contributed by atoms with Gasteiger partial charge >= 0.3 is 0 Å². The molecule has 0 bridgehead atoms. The lowest BCUT2D eigenvalue weighted by Crippen LogP contribution is -2.24. The van der Waals surface area contributed by atoms with Crippen molar-refractivity contribution in [3.8, 4) is 5.75 Å². The average Bonchev–Trinajstić information content (AvgIpc) is 2.05. The molecule has 0 saturated heterocycles. The summed E-state index contributed by atoms with van der Waals surface area (Å²) in [4.78, 5) is 0. The van der Waals surface area contributed by atoms with E-state index in [0.29, 0.717) is 5.56 Å². The highest BCUT2D eigenvalue weighted by Crippen LogP contribution is 2.39. The van der Waals surface area contributed by atoms with Crippen molar-refractivity contribution in [1.29, 1.82) is 0 Å². The molecule has 0 heterocycles. The quantitative estimate of drug-likeness (QED) is 0.794. The average molecular weight is 214 g/mol. The van der Waals surface area contributed by atoms with E-state index in [1.165, 1.54) is 12.1 Å². The molecule has 0 saturated carbocycles. The van der Waals surface area contributed by atoms with Crippen molar-refractivity contribution in [2.45, 2.75) is 33.1 Å². The highest BCUT2D eigenvalue weighted by Gasteiger charge is 2.33. The Morgan fingerprint density at radius 2 is 1.53 bits per heavy atom. The van der Waals surface area contributed by atoms with Gasteiger partial charge in [-0.15, -0.1) is 0 Å². The topological polar surface area (TPSA) is 20.2 Å². The van der Waals surface area contributed by atoms with E-state index in [4.69, 9.17) is 5.11 Å². The molecule has 1 N–H and O–H groups in total. The van der Waals surface area contributed by atoms with E-state index in [1.807, 2.05) is 0 Å². The lowest BCUT2D eigenvalue weighted by atomic mass is 9.77. The second-order valence-corrected chi connectivity index (χ2v) is 4.77. The van der Waals surface area contributed by atoms with Crippen molar-refractivity contribution in [2.75, 3.05) is 0 Å². The number of phenolic OH excluding ortho intramolecular Hbond substituents is 1. The summed E-state index contributed by atoms with van der Waals surface area (Å²) in [5.41, 5.74) is 0.0702. The molecule has 1 atom stereocenters. The summed E-state index contributed by atoms with van der Waals surface area (Å²) >= 11 is 0. The molecule has 84 valence electrons. The van der Waals surface area contributed by atoms with Crippen molar-refractivity contribution in [3.63, 3.8) is 0 Å². The number of alkyl halides is 2. The minimum absolute atomic E-state index is 0.0978. The highest BCUT2D eigenvalue weighted by atomic mass is 19.3. The Balaban J connectivity index is 3.05. The number of hydrogen-bond acceptors (Lipinski definition) is 1. The Hall–Kier alpha value is -1.12. The van der Waals surface area contributed by atoms with Crippen molar-refractivity contribution in [3.05, 3.63) is 29.8 Å². The molecule has 0 aliphatic rings. The fraction of sp³-hybridized carbons (Fsp3) is 0.500. The number of rotatable bonds is 2. The minimum Gasteiger partial charge on any atom is -0.508 e. The molecule has 1 aromatic carbocycles. The second kappa shape index (κ2) is 4.17. The molecule has 1 aromatic rings. The lowest BCUT2D eigenvalue weighted by molar-refractivity contribution is 0.0623. The smallest absolute Gasteiger partial charge is 0.245 e. The third-order valence-electron chi connectivity index (χ3n) is 2.44. The second-order valence-electron chi connectivity index (χ2n) is 4.77.